The molecular formula is C18H15BrN2O2S. The Kier molecular flexibility index (Phi) is 5.27. The van der Waals surface area contributed by atoms with Crippen LogP contribution < -0.4 is 9.47 Å². The van der Waals surface area contributed by atoms with Gasteiger partial charge in [0.2, 0.25) is 5.13 Å². The lowest BCUT2D eigenvalue weighted by atomic mass is 10.2. The average Bonchev–Trinajstić information content (AvgIpc) is 3.09. The number of aromatic nitrogens is 1. The van der Waals surface area contributed by atoms with Crippen molar-refractivity contribution in [1.29, 1.82) is 0 Å². The lowest BCUT2D eigenvalue weighted by Gasteiger charge is -2.06. The fourth-order valence-corrected chi connectivity index (χ4v) is 3.08. The summed E-state index contributed by atoms with van der Waals surface area (Å²) >= 11 is 4.93. The minimum Gasteiger partial charge on any atom is -0.497 e. The lowest BCUT2D eigenvalue weighted by molar-refractivity contribution is 0.402. The number of methoxy groups -OCH3 is 2. The molecule has 0 N–H and O–H groups in total. The maximum absolute atomic E-state index is 5.35. The van der Waals surface area contributed by atoms with Crippen LogP contribution in [0.2, 0.25) is 0 Å². The summed E-state index contributed by atoms with van der Waals surface area (Å²) in [5.74, 6) is 1.50. The van der Waals surface area contributed by atoms with Gasteiger partial charge in [-0.25, -0.2) is 9.98 Å². The van der Waals surface area contributed by atoms with Crippen LogP contribution in [-0.2, 0) is 0 Å². The second kappa shape index (κ2) is 7.59. The maximum atomic E-state index is 5.35. The molecule has 0 fully saturated rings. The zero-order valence-electron chi connectivity index (χ0n) is 13.2. The van der Waals surface area contributed by atoms with Crippen LogP contribution in [0.5, 0.6) is 11.5 Å². The molecule has 0 bridgehead atoms. The molecule has 2 aromatic carbocycles. The molecule has 0 radical (unpaired) electrons. The third kappa shape index (κ3) is 3.83. The van der Waals surface area contributed by atoms with Crippen LogP contribution >= 0.6 is 27.3 Å². The van der Waals surface area contributed by atoms with Crippen LogP contribution in [0.3, 0.4) is 0 Å². The van der Waals surface area contributed by atoms with E-state index in [9.17, 15) is 0 Å². The normalized spacial score (nSPS) is 11.0. The van der Waals surface area contributed by atoms with Crippen molar-refractivity contribution in [1.82, 2.24) is 4.98 Å². The highest BCUT2D eigenvalue weighted by molar-refractivity contribution is 9.10. The summed E-state index contributed by atoms with van der Waals surface area (Å²) in [6, 6.07) is 13.6. The van der Waals surface area contributed by atoms with Crippen LogP contribution in [0.4, 0.5) is 5.13 Å². The van der Waals surface area contributed by atoms with E-state index in [4.69, 9.17) is 9.47 Å². The SMILES string of the molecule is COc1ccc(OC)c(/C=N/c2nc(-c3ccc(Br)cc3)cs2)c1. The number of nitrogens with zero attached hydrogens (tertiary/aromatic N) is 2. The van der Waals surface area contributed by atoms with Crippen molar-refractivity contribution in [2.75, 3.05) is 14.2 Å². The van der Waals surface area contributed by atoms with Crippen molar-refractivity contribution in [3.05, 3.63) is 57.9 Å². The molecule has 0 atom stereocenters. The molecule has 0 amide bonds. The van der Waals surface area contributed by atoms with Gasteiger partial charge >= 0.3 is 0 Å². The molecule has 4 nitrogen and oxygen atoms in total. The number of rotatable bonds is 5. The summed E-state index contributed by atoms with van der Waals surface area (Å²) in [5, 5.41) is 2.69. The van der Waals surface area contributed by atoms with E-state index in [1.807, 2.05) is 47.8 Å². The van der Waals surface area contributed by atoms with E-state index in [2.05, 4.69) is 25.9 Å². The minimum absolute atomic E-state index is 0.692. The first kappa shape index (κ1) is 16.7. The second-order valence-electron chi connectivity index (χ2n) is 4.89. The Labute approximate surface area is 152 Å². The molecule has 0 aliphatic carbocycles. The number of hydrogen-bond donors (Lipinski definition) is 0. The predicted molar refractivity (Wildman–Crippen MR) is 102 cm³/mol. The fraction of sp³-hybridized carbons (Fsp3) is 0.111. The third-order valence-electron chi connectivity index (χ3n) is 3.38. The number of thiazole rings is 1. The van der Waals surface area contributed by atoms with E-state index in [1.165, 1.54) is 11.3 Å². The third-order valence-corrected chi connectivity index (χ3v) is 4.66. The van der Waals surface area contributed by atoms with Crippen molar-refractivity contribution < 1.29 is 9.47 Å². The molecule has 0 aliphatic rings. The van der Waals surface area contributed by atoms with Gasteiger partial charge in [0.05, 0.1) is 19.9 Å². The molecule has 122 valence electrons. The Hall–Kier alpha value is -2.18. The van der Waals surface area contributed by atoms with Gasteiger partial charge in [0, 0.05) is 27.2 Å². The summed E-state index contributed by atoms with van der Waals surface area (Å²) in [6.07, 6.45) is 1.74. The smallest absolute Gasteiger partial charge is 0.209 e. The van der Waals surface area contributed by atoms with Gasteiger partial charge in [0.25, 0.3) is 0 Å². The van der Waals surface area contributed by atoms with E-state index in [-0.39, 0.29) is 0 Å². The molecule has 0 saturated carbocycles. The number of benzene rings is 2. The Bertz CT molecular complexity index is 860. The Balaban J connectivity index is 1.84. The van der Waals surface area contributed by atoms with E-state index in [0.717, 1.165) is 32.8 Å². The van der Waals surface area contributed by atoms with Crippen LogP contribution in [-0.4, -0.2) is 25.4 Å². The Morgan fingerprint density at radius 2 is 1.88 bits per heavy atom. The Morgan fingerprint density at radius 3 is 2.58 bits per heavy atom. The predicted octanol–water partition coefficient (Wildman–Crippen LogP) is 5.34. The van der Waals surface area contributed by atoms with E-state index in [1.54, 1.807) is 20.4 Å². The van der Waals surface area contributed by atoms with E-state index < -0.39 is 0 Å². The number of ether oxygens (including phenoxy) is 2. The minimum atomic E-state index is 0.692. The van der Waals surface area contributed by atoms with Gasteiger partial charge < -0.3 is 9.47 Å². The number of hydrogen-bond acceptors (Lipinski definition) is 5. The second-order valence-corrected chi connectivity index (χ2v) is 6.64. The highest BCUT2D eigenvalue weighted by Crippen LogP contribution is 2.28. The van der Waals surface area contributed by atoms with Crippen molar-refractivity contribution in [3.63, 3.8) is 0 Å². The summed E-state index contributed by atoms with van der Waals surface area (Å²) < 4.78 is 11.6. The zero-order valence-corrected chi connectivity index (χ0v) is 15.6. The molecule has 6 heteroatoms. The van der Waals surface area contributed by atoms with Crippen LogP contribution in [0, 0.1) is 0 Å². The zero-order chi connectivity index (χ0) is 16.9. The first-order valence-corrected chi connectivity index (χ1v) is 8.84. The average molecular weight is 403 g/mol. The molecule has 3 rings (SSSR count). The van der Waals surface area contributed by atoms with Crippen molar-refractivity contribution >= 4 is 38.6 Å². The van der Waals surface area contributed by atoms with Crippen molar-refractivity contribution in [2.45, 2.75) is 0 Å². The quantitative estimate of drug-likeness (QED) is 0.540. The molecule has 1 heterocycles. The molecule has 24 heavy (non-hydrogen) atoms. The van der Waals surface area contributed by atoms with Gasteiger partial charge in [-0.2, -0.15) is 0 Å². The van der Waals surface area contributed by atoms with Crippen LogP contribution in [0.25, 0.3) is 11.3 Å². The monoisotopic (exact) mass is 402 g/mol. The lowest BCUT2D eigenvalue weighted by Crippen LogP contribution is -1.92. The molecule has 0 saturated heterocycles. The van der Waals surface area contributed by atoms with E-state index in [0.29, 0.717) is 5.13 Å². The standard InChI is InChI=1S/C18H15BrN2O2S/c1-22-15-7-8-17(23-2)13(9-15)10-20-18-21-16(11-24-18)12-3-5-14(19)6-4-12/h3-11H,1-2H3/b20-10+. The fourth-order valence-electron chi connectivity index (χ4n) is 2.14. The maximum Gasteiger partial charge on any atom is 0.209 e. The highest BCUT2D eigenvalue weighted by atomic mass is 79.9. The summed E-state index contributed by atoms with van der Waals surface area (Å²) in [7, 11) is 3.27. The van der Waals surface area contributed by atoms with Gasteiger partial charge in [0.15, 0.2) is 0 Å². The summed E-state index contributed by atoms with van der Waals surface area (Å²) in [4.78, 5) is 9.02. The van der Waals surface area contributed by atoms with Gasteiger partial charge in [-0.1, -0.05) is 28.1 Å². The summed E-state index contributed by atoms with van der Waals surface area (Å²) in [5.41, 5.74) is 2.82. The molecular weight excluding hydrogens is 388 g/mol. The van der Waals surface area contributed by atoms with Gasteiger partial charge in [0.1, 0.15) is 11.5 Å². The summed E-state index contributed by atoms with van der Waals surface area (Å²) in [6.45, 7) is 0. The number of halogens is 1. The van der Waals surface area contributed by atoms with Crippen LogP contribution in [0.15, 0.2) is 57.3 Å². The Morgan fingerprint density at radius 1 is 1.08 bits per heavy atom. The van der Waals surface area contributed by atoms with Gasteiger partial charge in [-0.05, 0) is 30.3 Å². The first-order valence-electron chi connectivity index (χ1n) is 7.17. The highest BCUT2D eigenvalue weighted by Gasteiger charge is 2.05. The largest absolute Gasteiger partial charge is 0.497 e. The molecule has 0 aliphatic heterocycles. The van der Waals surface area contributed by atoms with Crippen molar-refractivity contribution in [2.24, 2.45) is 4.99 Å². The van der Waals surface area contributed by atoms with Crippen LogP contribution in [0.1, 0.15) is 5.56 Å². The molecule has 3 aromatic rings. The number of aliphatic imine (C=N–C) groups is 1. The first-order chi connectivity index (χ1) is 11.7. The van der Waals surface area contributed by atoms with Crippen molar-refractivity contribution in [3.8, 4) is 22.8 Å². The topological polar surface area (TPSA) is 43.7 Å². The van der Waals surface area contributed by atoms with E-state index >= 15 is 0 Å². The molecule has 0 spiro atoms. The molecule has 0 unspecified atom stereocenters. The van der Waals surface area contributed by atoms with Gasteiger partial charge in [-0.15, -0.1) is 11.3 Å². The molecule has 1 aromatic heterocycles. The van der Waals surface area contributed by atoms with Gasteiger partial charge in [-0.3, -0.25) is 0 Å².